The van der Waals surface area contributed by atoms with Gasteiger partial charge in [0.2, 0.25) is 0 Å². The molecule has 2 atom stereocenters. The fourth-order valence-corrected chi connectivity index (χ4v) is 10.1. The molecular formula is C57H40N2. The van der Waals surface area contributed by atoms with Gasteiger partial charge in [0.15, 0.2) is 0 Å². The Hall–Kier alpha value is -7.29. The molecule has 9 aromatic rings. The van der Waals surface area contributed by atoms with Gasteiger partial charge < -0.3 is 0 Å². The van der Waals surface area contributed by atoms with E-state index >= 15 is 0 Å². The summed E-state index contributed by atoms with van der Waals surface area (Å²) < 4.78 is 2.30. The van der Waals surface area contributed by atoms with Crippen LogP contribution in [0.15, 0.2) is 194 Å². The molecule has 1 aromatic heterocycles. The minimum Gasteiger partial charge on any atom is -0.292 e. The molecule has 278 valence electrons. The minimum atomic E-state index is 0.301. The van der Waals surface area contributed by atoms with Crippen molar-refractivity contribution in [1.29, 1.82) is 0 Å². The van der Waals surface area contributed by atoms with E-state index in [-0.39, 0.29) is 0 Å². The van der Waals surface area contributed by atoms with Crippen LogP contribution in [0.25, 0.3) is 100 Å². The van der Waals surface area contributed by atoms with E-state index in [1.165, 1.54) is 76.1 Å². The number of imidazole rings is 1. The van der Waals surface area contributed by atoms with Crippen LogP contribution in [-0.2, 0) is 0 Å². The van der Waals surface area contributed by atoms with E-state index in [4.69, 9.17) is 4.98 Å². The number of allylic oxidation sites excluding steroid dienone is 8. The predicted molar refractivity (Wildman–Crippen MR) is 250 cm³/mol. The van der Waals surface area contributed by atoms with E-state index in [9.17, 15) is 0 Å². The molecule has 0 fully saturated rings. The summed E-state index contributed by atoms with van der Waals surface area (Å²) >= 11 is 0. The molecule has 1 heterocycles. The van der Waals surface area contributed by atoms with Gasteiger partial charge >= 0.3 is 0 Å². The first-order chi connectivity index (χ1) is 29.3. The third kappa shape index (κ3) is 5.44. The highest BCUT2D eigenvalue weighted by Gasteiger charge is 2.28. The molecule has 0 aliphatic heterocycles. The Balaban J connectivity index is 1.12. The van der Waals surface area contributed by atoms with Crippen LogP contribution in [0.3, 0.4) is 0 Å². The molecule has 8 aromatic carbocycles. The van der Waals surface area contributed by atoms with Crippen LogP contribution < -0.4 is 10.4 Å². The molecule has 0 N–H and O–H groups in total. The molecule has 0 saturated carbocycles. The summed E-state index contributed by atoms with van der Waals surface area (Å²) in [7, 11) is 0. The van der Waals surface area contributed by atoms with Crippen LogP contribution >= 0.6 is 0 Å². The second kappa shape index (κ2) is 13.7. The maximum atomic E-state index is 5.28. The van der Waals surface area contributed by atoms with Gasteiger partial charge in [0.25, 0.3) is 0 Å². The van der Waals surface area contributed by atoms with Gasteiger partial charge in [-0.25, -0.2) is 4.98 Å². The molecule has 0 amide bonds. The highest BCUT2D eigenvalue weighted by molar-refractivity contribution is 6.10. The number of rotatable bonds is 5. The number of para-hydroxylation sites is 3. The van der Waals surface area contributed by atoms with Crippen LogP contribution in [0.4, 0.5) is 0 Å². The molecule has 2 heteroatoms. The molecule has 0 spiro atoms. The quantitative estimate of drug-likeness (QED) is 0.171. The Labute approximate surface area is 343 Å². The van der Waals surface area contributed by atoms with Crippen LogP contribution in [-0.4, -0.2) is 9.55 Å². The van der Waals surface area contributed by atoms with E-state index in [0.717, 1.165) is 41.0 Å². The highest BCUT2D eigenvalue weighted by atomic mass is 15.1. The van der Waals surface area contributed by atoms with Gasteiger partial charge in [0.05, 0.1) is 11.0 Å². The van der Waals surface area contributed by atoms with Crippen LogP contribution in [0.1, 0.15) is 18.4 Å². The zero-order chi connectivity index (χ0) is 38.9. The third-order valence-electron chi connectivity index (χ3n) is 12.8. The second-order valence-electron chi connectivity index (χ2n) is 16.1. The van der Waals surface area contributed by atoms with Gasteiger partial charge in [-0.15, -0.1) is 0 Å². The summed E-state index contributed by atoms with van der Waals surface area (Å²) in [4.78, 5) is 5.28. The number of nitrogens with zero attached hydrogens (tertiary/aromatic N) is 2. The lowest BCUT2D eigenvalue weighted by Gasteiger charge is -2.29. The fourth-order valence-electron chi connectivity index (χ4n) is 10.1. The zero-order valence-electron chi connectivity index (χ0n) is 32.6. The van der Waals surface area contributed by atoms with Crippen molar-refractivity contribution in [2.24, 2.45) is 11.8 Å². The van der Waals surface area contributed by atoms with Gasteiger partial charge in [-0.1, -0.05) is 164 Å². The third-order valence-corrected chi connectivity index (χ3v) is 12.8. The van der Waals surface area contributed by atoms with Gasteiger partial charge in [-0.05, 0) is 131 Å². The van der Waals surface area contributed by atoms with E-state index in [0.29, 0.717) is 11.8 Å². The Morgan fingerprint density at radius 2 is 1.19 bits per heavy atom. The lowest BCUT2D eigenvalue weighted by atomic mass is 9.74. The fraction of sp³-hybridized carbons (Fsp3) is 0.0702. The van der Waals surface area contributed by atoms with E-state index < -0.39 is 0 Å². The number of hydrogen-bond donors (Lipinski definition) is 0. The summed E-state index contributed by atoms with van der Waals surface area (Å²) in [6.45, 7) is 0. The smallest absolute Gasteiger partial charge is 0.146 e. The first kappa shape index (κ1) is 33.8. The second-order valence-corrected chi connectivity index (χ2v) is 16.1. The van der Waals surface area contributed by atoms with Crippen molar-refractivity contribution in [3.8, 4) is 39.3 Å². The molecule has 2 unspecified atom stereocenters. The summed E-state index contributed by atoms with van der Waals surface area (Å²) in [5, 5.41) is 10.2. The van der Waals surface area contributed by atoms with Gasteiger partial charge in [-0.2, -0.15) is 0 Å². The molecule has 0 saturated heterocycles. The van der Waals surface area contributed by atoms with E-state index in [1.54, 1.807) is 0 Å². The van der Waals surface area contributed by atoms with Gasteiger partial charge in [0.1, 0.15) is 5.82 Å². The summed E-state index contributed by atoms with van der Waals surface area (Å²) in [5.41, 5.74) is 12.1. The standard InChI is InChI=1S/C57H40N2/c1-2-19-42(20-3-1)59-54-28-13-12-27-53(54)58-57(59)51-34-33-44(45-22-8-9-23-46(45)51)40-31-32-50-52(36-40)55(41-30-29-37-15-4-5-17-39(37)35-41)48-24-10-11-25-49(48)56(50)47-26-14-18-38-16-6-7-21-43(38)47/h1-9,12-36,38,43H,10-11H2. The van der Waals surface area contributed by atoms with Gasteiger partial charge in [-0.3, -0.25) is 4.57 Å². The molecule has 59 heavy (non-hydrogen) atoms. The number of fused-ring (bicyclic) bond motifs is 6. The normalized spacial score (nSPS) is 16.8. The van der Waals surface area contributed by atoms with Crippen LogP contribution in [0.5, 0.6) is 0 Å². The average Bonchev–Trinajstić information content (AvgIpc) is 3.70. The monoisotopic (exact) mass is 752 g/mol. The predicted octanol–water partition coefficient (Wildman–Crippen LogP) is 13.2. The number of aromatic nitrogens is 2. The van der Waals surface area contributed by atoms with Crippen molar-refractivity contribution in [3.63, 3.8) is 0 Å². The molecule has 3 aliphatic carbocycles. The van der Waals surface area contributed by atoms with Crippen molar-refractivity contribution in [2.75, 3.05) is 0 Å². The van der Waals surface area contributed by atoms with Gasteiger partial charge in [0, 0.05) is 23.1 Å². The van der Waals surface area contributed by atoms with Crippen molar-refractivity contribution < 1.29 is 0 Å². The Kier molecular flexibility index (Phi) is 7.84. The maximum Gasteiger partial charge on any atom is 0.146 e. The first-order valence-corrected chi connectivity index (χ1v) is 20.9. The molecule has 0 bridgehead atoms. The Morgan fingerprint density at radius 3 is 2.07 bits per heavy atom. The molecule has 2 nitrogen and oxygen atoms in total. The molecule has 3 aliphatic rings. The summed E-state index contributed by atoms with van der Waals surface area (Å²) in [5.74, 6) is 1.60. The van der Waals surface area contributed by atoms with Crippen molar-refractivity contribution in [2.45, 2.75) is 12.8 Å². The average molecular weight is 753 g/mol. The van der Waals surface area contributed by atoms with Crippen molar-refractivity contribution >= 4 is 61.1 Å². The van der Waals surface area contributed by atoms with Crippen molar-refractivity contribution in [3.05, 3.63) is 210 Å². The van der Waals surface area contributed by atoms with Crippen LogP contribution in [0, 0.1) is 11.8 Å². The Bertz CT molecular complexity index is 3450. The number of benzene rings is 8. The van der Waals surface area contributed by atoms with E-state index in [1.807, 2.05) is 0 Å². The lowest BCUT2D eigenvalue weighted by Crippen LogP contribution is -2.34. The maximum absolute atomic E-state index is 5.28. The molecule has 12 rings (SSSR count). The topological polar surface area (TPSA) is 17.8 Å². The van der Waals surface area contributed by atoms with Crippen LogP contribution in [0.2, 0.25) is 0 Å². The minimum absolute atomic E-state index is 0.301. The largest absolute Gasteiger partial charge is 0.292 e. The van der Waals surface area contributed by atoms with E-state index in [2.05, 4.69) is 211 Å². The zero-order valence-corrected chi connectivity index (χ0v) is 32.6. The Morgan fingerprint density at radius 1 is 0.492 bits per heavy atom. The first-order valence-electron chi connectivity index (χ1n) is 20.9. The highest BCUT2D eigenvalue weighted by Crippen LogP contribution is 2.43. The van der Waals surface area contributed by atoms with Crippen molar-refractivity contribution in [1.82, 2.24) is 9.55 Å². The SMILES string of the molecule is C1=CC2C=CC=C(c3c4c(c(-c5ccc6ccccc6c5)c5cc(-c6ccc(-c7nc8ccccc8n7-c7ccccc7)c7ccccc67)ccc35)=CCCC=4)C2C=C1. The molecule has 0 radical (unpaired) electrons. The molecular weight excluding hydrogens is 713 g/mol. The summed E-state index contributed by atoms with van der Waals surface area (Å²) in [6, 6.07) is 55.5. The number of hydrogen-bond acceptors (Lipinski definition) is 1. The summed E-state index contributed by atoms with van der Waals surface area (Å²) in [6.07, 6.45) is 23.3. The lowest BCUT2D eigenvalue weighted by molar-refractivity contribution is 0.678.